The molecule has 1 saturated heterocycles. The van der Waals surface area contributed by atoms with Crippen molar-refractivity contribution >= 4 is 16.9 Å². The summed E-state index contributed by atoms with van der Waals surface area (Å²) in [4.78, 5) is 22.1. The van der Waals surface area contributed by atoms with Crippen LogP contribution in [0.4, 0.5) is 0 Å². The third kappa shape index (κ3) is 3.89. The lowest BCUT2D eigenvalue weighted by molar-refractivity contribution is 0.0633. The van der Waals surface area contributed by atoms with E-state index in [1.807, 2.05) is 47.4 Å². The Labute approximate surface area is 158 Å². The summed E-state index contributed by atoms with van der Waals surface area (Å²) in [5, 5.41) is 0. The summed E-state index contributed by atoms with van der Waals surface area (Å²) >= 11 is 0. The van der Waals surface area contributed by atoms with Gasteiger partial charge in [-0.3, -0.25) is 4.79 Å². The molecule has 1 atom stereocenters. The third-order valence-corrected chi connectivity index (χ3v) is 5.00. The highest BCUT2D eigenvalue weighted by Gasteiger charge is 2.25. The first kappa shape index (κ1) is 17.4. The smallest absolute Gasteiger partial charge is 0.253 e. The highest BCUT2D eigenvalue weighted by molar-refractivity contribution is 5.97. The zero-order valence-corrected chi connectivity index (χ0v) is 15.4. The molecule has 1 aromatic heterocycles. The highest BCUT2D eigenvalue weighted by Crippen LogP contribution is 2.23. The number of hydrogen-bond acceptors (Lipinski definition) is 4. The second-order valence-electron chi connectivity index (χ2n) is 6.88. The number of hydrogen-bond donors (Lipinski definition) is 1. The molecule has 0 saturated carbocycles. The van der Waals surface area contributed by atoms with E-state index < -0.39 is 0 Å². The predicted molar refractivity (Wildman–Crippen MR) is 103 cm³/mol. The van der Waals surface area contributed by atoms with Crippen LogP contribution in [0, 0.1) is 5.92 Å². The molecule has 1 N–H and O–H groups in total. The largest absolute Gasteiger partial charge is 0.497 e. The van der Waals surface area contributed by atoms with Crippen LogP contribution >= 0.6 is 0 Å². The highest BCUT2D eigenvalue weighted by atomic mass is 16.5. The fourth-order valence-corrected chi connectivity index (χ4v) is 3.54. The van der Waals surface area contributed by atoms with Crippen LogP contribution in [-0.2, 0) is 0 Å². The van der Waals surface area contributed by atoms with Crippen LogP contribution in [-0.4, -0.2) is 47.6 Å². The Morgan fingerprint density at radius 1 is 1.26 bits per heavy atom. The van der Waals surface area contributed by atoms with E-state index in [-0.39, 0.29) is 5.91 Å². The molecule has 0 radical (unpaired) electrons. The maximum atomic E-state index is 12.9. The van der Waals surface area contributed by atoms with Crippen LogP contribution < -0.4 is 9.47 Å². The molecular formula is C21H23N3O3. The number of piperidine rings is 1. The van der Waals surface area contributed by atoms with Crippen molar-refractivity contribution in [2.24, 2.45) is 5.92 Å². The molecule has 1 amide bonds. The van der Waals surface area contributed by atoms with Gasteiger partial charge >= 0.3 is 0 Å². The zero-order chi connectivity index (χ0) is 18.6. The number of imidazole rings is 1. The molecule has 1 unspecified atom stereocenters. The fraction of sp³-hybridized carbons (Fsp3) is 0.333. The number of nitrogens with zero attached hydrogens (tertiary/aromatic N) is 2. The molecule has 6 heteroatoms. The summed E-state index contributed by atoms with van der Waals surface area (Å²) in [5.41, 5.74) is 2.45. The molecule has 0 spiro atoms. The maximum absolute atomic E-state index is 12.9. The van der Waals surface area contributed by atoms with Crippen LogP contribution in [0.1, 0.15) is 23.2 Å². The molecule has 1 fully saturated rings. The number of aromatic nitrogens is 2. The van der Waals surface area contributed by atoms with Crippen molar-refractivity contribution in [1.29, 1.82) is 0 Å². The number of aromatic amines is 1. The Morgan fingerprint density at radius 3 is 3.04 bits per heavy atom. The van der Waals surface area contributed by atoms with Gasteiger partial charge in [-0.2, -0.15) is 0 Å². The molecule has 1 aliphatic heterocycles. The summed E-state index contributed by atoms with van der Waals surface area (Å²) in [6, 6.07) is 13.2. The average molecular weight is 365 g/mol. The van der Waals surface area contributed by atoms with E-state index >= 15 is 0 Å². The van der Waals surface area contributed by atoms with Crippen LogP contribution in [0.3, 0.4) is 0 Å². The van der Waals surface area contributed by atoms with E-state index in [4.69, 9.17) is 9.47 Å². The molecule has 4 rings (SSSR count). The number of likely N-dealkylation sites (tertiary alicyclic amines) is 1. The van der Waals surface area contributed by atoms with Gasteiger partial charge in [0.15, 0.2) is 0 Å². The molecule has 2 aromatic carbocycles. The van der Waals surface area contributed by atoms with E-state index in [9.17, 15) is 4.79 Å². The third-order valence-electron chi connectivity index (χ3n) is 5.00. The number of carbonyl (C=O) groups excluding carboxylic acids is 1. The standard InChI is InChI=1S/C21H23N3O3/c1-26-17-5-2-6-18(11-17)27-13-15-4-3-9-24(12-15)21(25)16-7-8-19-20(10-16)23-14-22-19/h2,5-8,10-11,14-15H,3-4,9,12-13H2,1H3,(H,22,23). The number of nitrogens with one attached hydrogen (secondary N) is 1. The number of benzene rings is 2. The minimum Gasteiger partial charge on any atom is -0.497 e. The second-order valence-corrected chi connectivity index (χ2v) is 6.88. The van der Waals surface area contributed by atoms with E-state index in [1.165, 1.54) is 0 Å². The molecule has 27 heavy (non-hydrogen) atoms. The van der Waals surface area contributed by atoms with Crippen molar-refractivity contribution in [3.8, 4) is 11.5 Å². The van der Waals surface area contributed by atoms with Gasteiger partial charge in [0.25, 0.3) is 5.91 Å². The number of fused-ring (bicyclic) bond motifs is 1. The lowest BCUT2D eigenvalue weighted by Crippen LogP contribution is -2.41. The number of rotatable bonds is 5. The number of methoxy groups -OCH3 is 1. The Balaban J connectivity index is 1.39. The molecule has 6 nitrogen and oxygen atoms in total. The first-order chi connectivity index (χ1) is 13.2. The van der Waals surface area contributed by atoms with Gasteiger partial charge in [0, 0.05) is 30.6 Å². The molecular weight excluding hydrogens is 342 g/mol. The Hall–Kier alpha value is -3.02. The normalized spacial score (nSPS) is 17.1. The second kappa shape index (κ2) is 7.70. The van der Waals surface area contributed by atoms with Gasteiger partial charge in [-0.1, -0.05) is 6.07 Å². The van der Waals surface area contributed by atoms with Crippen LogP contribution in [0.15, 0.2) is 48.8 Å². The number of ether oxygens (including phenoxy) is 2. The Kier molecular flexibility index (Phi) is 4.96. The molecule has 140 valence electrons. The number of amides is 1. The topological polar surface area (TPSA) is 67.5 Å². The molecule has 0 aliphatic carbocycles. The Morgan fingerprint density at radius 2 is 2.15 bits per heavy atom. The van der Waals surface area contributed by atoms with Gasteiger partial charge in [-0.15, -0.1) is 0 Å². The molecule has 3 aromatic rings. The quantitative estimate of drug-likeness (QED) is 0.751. The molecule has 1 aliphatic rings. The van der Waals surface area contributed by atoms with Gasteiger partial charge < -0.3 is 19.4 Å². The SMILES string of the molecule is COc1cccc(OCC2CCCN(C(=O)c3ccc4nc[nH]c4c3)C2)c1. The summed E-state index contributed by atoms with van der Waals surface area (Å²) in [5.74, 6) is 1.96. The van der Waals surface area contributed by atoms with Crippen molar-refractivity contribution in [3.63, 3.8) is 0 Å². The first-order valence-electron chi connectivity index (χ1n) is 9.22. The number of carbonyl (C=O) groups is 1. The summed E-state index contributed by atoms with van der Waals surface area (Å²) in [6.07, 6.45) is 3.70. The van der Waals surface area contributed by atoms with E-state index in [0.29, 0.717) is 24.6 Å². The molecule has 2 heterocycles. The van der Waals surface area contributed by atoms with Gasteiger partial charge in [-0.05, 0) is 43.2 Å². The van der Waals surface area contributed by atoms with Crippen molar-refractivity contribution < 1.29 is 14.3 Å². The average Bonchev–Trinajstić information content (AvgIpc) is 3.20. The first-order valence-corrected chi connectivity index (χ1v) is 9.22. The van der Waals surface area contributed by atoms with Crippen molar-refractivity contribution in [2.75, 3.05) is 26.8 Å². The summed E-state index contributed by atoms with van der Waals surface area (Å²) in [6.45, 7) is 2.09. The van der Waals surface area contributed by atoms with Crippen LogP contribution in [0.5, 0.6) is 11.5 Å². The summed E-state index contributed by atoms with van der Waals surface area (Å²) < 4.78 is 11.2. The maximum Gasteiger partial charge on any atom is 0.253 e. The van der Waals surface area contributed by atoms with Crippen molar-refractivity contribution in [3.05, 3.63) is 54.4 Å². The lowest BCUT2D eigenvalue weighted by Gasteiger charge is -2.32. The number of H-pyrrole nitrogens is 1. The summed E-state index contributed by atoms with van der Waals surface area (Å²) in [7, 11) is 1.64. The van der Waals surface area contributed by atoms with E-state index in [2.05, 4.69) is 9.97 Å². The minimum atomic E-state index is 0.0672. The van der Waals surface area contributed by atoms with Crippen molar-refractivity contribution in [2.45, 2.75) is 12.8 Å². The van der Waals surface area contributed by atoms with Gasteiger partial charge in [-0.25, -0.2) is 4.98 Å². The van der Waals surface area contributed by atoms with E-state index in [1.54, 1.807) is 13.4 Å². The monoisotopic (exact) mass is 365 g/mol. The minimum absolute atomic E-state index is 0.0672. The predicted octanol–water partition coefficient (Wildman–Crippen LogP) is 3.50. The van der Waals surface area contributed by atoms with Gasteiger partial charge in [0.05, 0.1) is 31.1 Å². The van der Waals surface area contributed by atoms with Gasteiger partial charge in [0.1, 0.15) is 11.5 Å². The zero-order valence-electron chi connectivity index (χ0n) is 15.4. The lowest BCUT2D eigenvalue weighted by atomic mass is 9.98. The van der Waals surface area contributed by atoms with Crippen LogP contribution in [0.2, 0.25) is 0 Å². The molecule has 0 bridgehead atoms. The fourth-order valence-electron chi connectivity index (χ4n) is 3.54. The Bertz CT molecular complexity index is 937. The van der Waals surface area contributed by atoms with E-state index in [0.717, 1.165) is 41.9 Å². The van der Waals surface area contributed by atoms with Crippen molar-refractivity contribution in [1.82, 2.24) is 14.9 Å². The van der Waals surface area contributed by atoms with Crippen LogP contribution in [0.25, 0.3) is 11.0 Å². The van der Waals surface area contributed by atoms with Gasteiger partial charge in [0.2, 0.25) is 0 Å².